The molecular formula is C23H25N3O5. The molecule has 8 heteroatoms. The highest BCUT2D eigenvalue weighted by Gasteiger charge is 2.15. The van der Waals surface area contributed by atoms with Crippen molar-refractivity contribution in [2.45, 2.75) is 26.9 Å². The molecule has 8 nitrogen and oxygen atoms in total. The van der Waals surface area contributed by atoms with Crippen LogP contribution in [0.2, 0.25) is 0 Å². The molecule has 1 aromatic heterocycles. The average Bonchev–Trinajstić information content (AvgIpc) is 2.74. The number of rotatable bonds is 8. The fourth-order valence-corrected chi connectivity index (χ4v) is 3.05. The molecule has 31 heavy (non-hydrogen) atoms. The van der Waals surface area contributed by atoms with E-state index in [2.05, 4.69) is 10.3 Å². The molecule has 0 spiro atoms. The minimum atomic E-state index is -1.23. The van der Waals surface area contributed by atoms with E-state index >= 15 is 0 Å². The summed E-state index contributed by atoms with van der Waals surface area (Å²) in [6, 6.07) is 16.4. The Bertz CT molecular complexity index is 1070. The van der Waals surface area contributed by atoms with Crippen LogP contribution in [0.3, 0.4) is 0 Å². The molecule has 1 heterocycles. The van der Waals surface area contributed by atoms with Gasteiger partial charge in [0.2, 0.25) is 11.8 Å². The summed E-state index contributed by atoms with van der Waals surface area (Å²) in [5.41, 5.74) is 1.39. The number of nitrogens with zero attached hydrogens (tertiary/aromatic N) is 2. The van der Waals surface area contributed by atoms with Crippen LogP contribution in [0.15, 0.2) is 54.6 Å². The second-order valence-electron chi connectivity index (χ2n) is 7.06. The first kappa shape index (κ1) is 21.9. The van der Waals surface area contributed by atoms with E-state index in [9.17, 15) is 9.59 Å². The molecule has 162 valence electrons. The van der Waals surface area contributed by atoms with Crippen LogP contribution in [0.4, 0.5) is 10.5 Å². The standard InChI is InChI=1S/C23H25N3O5/c1-4-26(22(27)14-24-23(28)29)17-6-11-20-16(13-17)5-12-21(25-20)31-19-9-7-18(8-10-19)30-15(2)3/h5-13,15,24H,4,14H2,1-3H3,(H,28,29). The van der Waals surface area contributed by atoms with Crippen LogP contribution in [0.25, 0.3) is 10.9 Å². The molecule has 0 saturated heterocycles. The molecule has 3 rings (SSSR count). The normalized spacial score (nSPS) is 10.7. The number of fused-ring (bicyclic) bond motifs is 1. The highest BCUT2D eigenvalue weighted by atomic mass is 16.5. The van der Waals surface area contributed by atoms with Crippen molar-refractivity contribution in [2.75, 3.05) is 18.0 Å². The summed E-state index contributed by atoms with van der Waals surface area (Å²) in [4.78, 5) is 29.0. The van der Waals surface area contributed by atoms with E-state index in [4.69, 9.17) is 14.6 Å². The molecule has 0 aliphatic rings. The molecular weight excluding hydrogens is 398 g/mol. The minimum absolute atomic E-state index is 0.103. The monoisotopic (exact) mass is 423 g/mol. The number of carbonyl (C=O) groups is 2. The zero-order valence-electron chi connectivity index (χ0n) is 17.7. The molecule has 0 fully saturated rings. The Labute approximate surface area is 180 Å². The first-order valence-corrected chi connectivity index (χ1v) is 9.98. The lowest BCUT2D eigenvalue weighted by atomic mass is 10.2. The van der Waals surface area contributed by atoms with E-state index in [0.29, 0.717) is 29.4 Å². The van der Waals surface area contributed by atoms with E-state index in [1.165, 1.54) is 4.90 Å². The molecule has 0 bridgehead atoms. The second kappa shape index (κ2) is 9.80. The summed E-state index contributed by atoms with van der Waals surface area (Å²) in [6.45, 7) is 5.90. The maximum atomic E-state index is 12.3. The molecule has 0 aliphatic heterocycles. The topological polar surface area (TPSA) is 101 Å². The van der Waals surface area contributed by atoms with E-state index < -0.39 is 6.09 Å². The number of anilines is 1. The van der Waals surface area contributed by atoms with Gasteiger partial charge in [-0.2, -0.15) is 0 Å². The number of amides is 2. The molecule has 2 aromatic carbocycles. The lowest BCUT2D eigenvalue weighted by Gasteiger charge is -2.21. The Morgan fingerprint density at radius 3 is 2.42 bits per heavy atom. The van der Waals surface area contributed by atoms with Crippen molar-refractivity contribution in [3.05, 3.63) is 54.6 Å². The molecule has 0 saturated carbocycles. The first-order valence-electron chi connectivity index (χ1n) is 9.98. The third kappa shape index (κ3) is 5.85. The largest absolute Gasteiger partial charge is 0.491 e. The molecule has 2 N–H and O–H groups in total. The van der Waals surface area contributed by atoms with Gasteiger partial charge < -0.3 is 24.8 Å². The van der Waals surface area contributed by atoms with Crippen LogP contribution < -0.4 is 19.7 Å². The number of carbonyl (C=O) groups excluding carboxylic acids is 1. The number of nitrogens with one attached hydrogen (secondary N) is 1. The lowest BCUT2D eigenvalue weighted by Crippen LogP contribution is -2.39. The van der Waals surface area contributed by atoms with Crippen molar-refractivity contribution >= 4 is 28.6 Å². The Balaban J connectivity index is 1.75. The van der Waals surface area contributed by atoms with Gasteiger partial charge in [0.25, 0.3) is 0 Å². The Morgan fingerprint density at radius 2 is 1.77 bits per heavy atom. The van der Waals surface area contributed by atoms with Crippen LogP contribution in [-0.4, -0.2) is 41.3 Å². The van der Waals surface area contributed by atoms with Crippen molar-refractivity contribution in [3.8, 4) is 17.4 Å². The van der Waals surface area contributed by atoms with E-state index in [1.54, 1.807) is 18.2 Å². The van der Waals surface area contributed by atoms with Crippen molar-refractivity contribution in [2.24, 2.45) is 0 Å². The van der Waals surface area contributed by atoms with Crippen molar-refractivity contribution in [1.82, 2.24) is 10.3 Å². The number of likely N-dealkylation sites (N-methyl/N-ethyl adjacent to an activating group) is 1. The van der Waals surface area contributed by atoms with Gasteiger partial charge in [0.15, 0.2) is 0 Å². The van der Waals surface area contributed by atoms with Gasteiger partial charge in [-0.25, -0.2) is 9.78 Å². The van der Waals surface area contributed by atoms with Gasteiger partial charge in [0, 0.05) is 23.7 Å². The Morgan fingerprint density at radius 1 is 1.06 bits per heavy atom. The summed E-state index contributed by atoms with van der Waals surface area (Å²) < 4.78 is 11.5. The molecule has 0 atom stereocenters. The fraction of sp³-hybridized carbons (Fsp3) is 0.261. The molecule has 3 aromatic rings. The molecule has 0 radical (unpaired) electrons. The van der Waals surface area contributed by atoms with Gasteiger partial charge in [0.1, 0.15) is 18.0 Å². The number of aromatic nitrogens is 1. The predicted octanol–water partition coefficient (Wildman–Crippen LogP) is 4.43. The van der Waals surface area contributed by atoms with E-state index in [0.717, 1.165) is 11.1 Å². The molecule has 2 amide bonds. The van der Waals surface area contributed by atoms with Crippen LogP contribution in [0.5, 0.6) is 17.4 Å². The number of ether oxygens (including phenoxy) is 2. The van der Waals surface area contributed by atoms with Gasteiger partial charge in [-0.3, -0.25) is 4.79 Å². The average molecular weight is 423 g/mol. The SMILES string of the molecule is CCN(C(=O)CNC(=O)O)c1ccc2nc(Oc3ccc(OC(C)C)cc3)ccc2c1. The summed E-state index contributed by atoms with van der Waals surface area (Å²) in [5, 5.41) is 11.6. The van der Waals surface area contributed by atoms with Crippen molar-refractivity contribution < 1.29 is 24.2 Å². The third-order valence-electron chi connectivity index (χ3n) is 4.38. The predicted molar refractivity (Wildman–Crippen MR) is 118 cm³/mol. The summed E-state index contributed by atoms with van der Waals surface area (Å²) in [7, 11) is 0. The highest BCUT2D eigenvalue weighted by Crippen LogP contribution is 2.27. The van der Waals surface area contributed by atoms with Crippen molar-refractivity contribution in [3.63, 3.8) is 0 Å². The third-order valence-corrected chi connectivity index (χ3v) is 4.38. The highest BCUT2D eigenvalue weighted by molar-refractivity contribution is 5.98. The van der Waals surface area contributed by atoms with Crippen LogP contribution in [0.1, 0.15) is 20.8 Å². The number of hydrogen-bond acceptors (Lipinski definition) is 5. The zero-order valence-corrected chi connectivity index (χ0v) is 17.7. The quantitative estimate of drug-likeness (QED) is 0.556. The maximum Gasteiger partial charge on any atom is 0.405 e. The summed E-state index contributed by atoms with van der Waals surface area (Å²) >= 11 is 0. The number of carboxylic acid groups (broad SMARTS) is 1. The summed E-state index contributed by atoms with van der Waals surface area (Å²) in [6.07, 6.45) is -1.13. The summed E-state index contributed by atoms with van der Waals surface area (Å²) in [5.74, 6) is 1.54. The molecule has 0 unspecified atom stereocenters. The zero-order chi connectivity index (χ0) is 22.4. The van der Waals surface area contributed by atoms with Crippen LogP contribution in [0, 0.1) is 0 Å². The van der Waals surface area contributed by atoms with Gasteiger partial charge >= 0.3 is 6.09 Å². The van der Waals surface area contributed by atoms with Gasteiger partial charge in [-0.05, 0) is 69.3 Å². The molecule has 0 aliphatic carbocycles. The maximum absolute atomic E-state index is 12.3. The fourth-order valence-electron chi connectivity index (χ4n) is 3.05. The Hall–Kier alpha value is -3.81. The van der Waals surface area contributed by atoms with Crippen LogP contribution in [-0.2, 0) is 4.79 Å². The number of pyridine rings is 1. The number of benzene rings is 2. The van der Waals surface area contributed by atoms with Gasteiger partial charge in [-0.1, -0.05) is 0 Å². The van der Waals surface area contributed by atoms with Crippen molar-refractivity contribution in [1.29, 1.82) is 0 Å². The van der Waals surface area contributed by atoms with Gasteiger partial charge in [-0.15, -0.1) is 0 Å². The smallest absolute Gasteiger partial charge is 0.405 e. The lowest BCUT2D eigenvalue weighted by molar-refractivity contribution is -0.117. The second-order valence-corrected chi connectivity index (χ2v) is 7.06. The van der Waals surface area contributed by atoms with Gasteiger partial charge in [0.05, 0.1) is 11.6 Å². The minimum Gasteiger partial charge on any atom is -0.491 e. The first-order chi connectivity index (χ1) is 14.9. The van der Waals surface area contributed by atoms with E-state index in [-0.39, 0.29) is 18.6 Å². The van der Waals surface area contributed by atoms with E-state index in [1.807, 2.05) is 57.2 Å². The van der Waals surface area contributed by atoms with Crippen LogP contribution >= 0.6 is 0 Å². The Kier molecular flexibility index (Phi) is 6.92. The number of hydrogen-bond donors (Lipinski definition) is 2.